The monoisotopic (exact) mass is 253 g/mol. The summed E-state index contributed by atoms with van der Waals surface area (Å²) in [6.07, 6.45) is 8.31. The first-order chi connectivity index (χ1) is 9.19. The van der Waals surface area contributed by atoms with Gasteiger partial charge >= 0.3 is 0 Å². The van der Waals surface area contributed by atoms with Crippen molar-refractivity contribution in [3.8, 4) is 0 Å². The van der Waals surface area contributed by atoms with E-state index in [-0.39, 0.29) is 5.91 Å². The third kappa shape index (κ3) is 1.34. The van der Waals surface area contributed by atoms with E-state index < -0.39 is 5.41 Å². The van der Waals surface area contributed by atoms with Gasteiger partial charge in [-0.3, -0.25) is 4.79 Å². The summed E-state index contributed by atoms with van der Waals surface area (Å²) in [6.45, 7) is 0. The molecule has 0 bridgehead atoms. The molecular formula is C15H15N3O. The maximum absolute atomic E-state index is 12.5. The maximum atomic E-state index is 12.5. The van der Waals surface area contributed by atoms with Crippen LogP contribution in [0.1, 0.15) is 24.8 Å². The minimum Gasteiger partial charge on any atom is -0.402 e. The van der Waals surface area contributed by atoms with E-state index in [0.29, 0.717) is 5.92 Å². The van der Waals surface area contributed by atoms with Gasteiger partial charge in [-0.1, -0.05) is 17.7 Å². The van der Waals surface area contributed by atoms with E-state index in [9.17, 15) is 4.79 Å². The normalized spacial score (nSPS) is 31.6. The SMILES string of the molecule is NC1=CC=C2C[C@]3(CC2C1)C(=O)Nc1ncccc13. The van der Waals surface area contributed by atoms with Crippen LogP contribution in [0.25, 0.3) is 0 Å². The molecule has 1 aromatic rings. The molecule has 2 heterocycles. The zero-order valence-electron chi connectivity index (χ0n) is 10.5. The highest BCUT2D eigenvalue weighted by atomic mass is 16.2. The van der Waals surface area contributed by atoms with Crippen LogP contribution in [0.5, 0.6) is 0 Å². The third-order valence-electron chi connectivity index (χ3n) is 4.61. The molecule has 1 aliphatic heterocycles. The highest BCUT2D eigenvalue weighted by Crippen LogP contribution is 2.54. The Bertz CT molecular complexity index is 647. The number of allylic oxidation sites excluding steroid dienone is 4. The maximum Gasteiger partial charge on any atom is 0.236 e. The number of carbonyl (C=O) groups is 1. The average Bonchev–Trinajstić information content (AvgIpc) is 2.90. The molecular weight excluding hydrogens is 238 g/mol. The molecule has 1 fully saturated rings. The molecule has 4 rings (SSSR count). The van der Waals surface area contributed by atoms with Gasteiger partial charge in [-0.05, 0) is 37.3 Å². The minimum absolute atomic E-state index is 0.0927. The number of pyridine rings is 1. The second-order valence-electron chi connectivity index (χ2n) is 5.70. The summed E-state index contributed by atoms with van der Waals surface area (Å²) >= 11 is 0. The van der Waals surface area contributed by atoms with Crippen LogP contribution in [0.2, 0.25) is 0 Å². The molecule has 1 saturated carbocycles. The second kappa shape index (κ2) is 3.47. The number of nitrogens with zero attached hydrogens (tertiary/aromatic N) is 1. The van der Waals surface area contributed by atoms with Crippen LogP contribution in [0.3, 0.4) is 0 Å². The molecule has 0 saturated heterocycles. The molecule has 2 atom stereocenters. The summed E-state index contributed by atoms with van der Waals surface area (Å²) in [5.74, 6) is 1.23. The van der Waals surface area contributed by atoms with Crippen molar-refractivity contribution >= 4 is 11.7 Å². The summed E-state index contributed by atoms with van der Waals surface area (Å²) in [5, 5.41) is 2.93. The van der Waals surface area contributed by atoms with Gasteiger partial charge in [0.1, 0.15) is 5.82 Å². The second-order valence-corrected chi connectivity index (χ2v) is 5.70. The molecule has 96 valence electrons. The van der Waals surface area contributed by atoms with Crippen molar-refractivity contribution in [2.24, 2.45) is 11.7 Å². The smallest absolute Gasteiger partial charge is 0.236 e. The Balaban J connectivity index is 1.80. The minimum atomic E-state index is -0.418. The zero-order valence-corrected chi connectivity index (χ0v) is 10.5. The number of hydrogen-bond donors (Lipinski definition) is 2. The Kier molecular flexibility index (Phi) is 1.97. The quantitative estimate of drug-likeness (QED) is 0.741. The van der Waals surface area contributed by atoms with Crippen molar-refractivity contribution in [2.45, 2.75) is 24.7 Å². The molecule has 0 aromatic carbocycles. The Labute approximate surface area is 111 Å². The van der Waals surface area contributed by atoms with Crippen LogP contribution < -0.4 is 11.1 Å². The van der Waals surface area contributed by atoms with Crippen LogP contribution in [0, 0.1) is 5.92 Å². The van der Waals surface area contributed by atoms with Crippen molar-refractivity contribution in [1.29, 1.82) is 0 Å². The predicted octanol–water partition coefficient (Wildman–Crippen LogP) is 1.85. The van der Waals surface area contributed by atoms with Crippen molar-refractivity contribution in [1.82, 2.24) is 4.98 Å². The summed E-state index contributed by atoms with van der Waals surface area (Å²) in [5.41, 5.74) is 8.80. The summed E-state index contributed by atoms with van der Waals surface area (Å²) < 4.78 is 0. The molecule has 0 radical (unpaired) electrons. The lowest BCUT2D eigenvalue weighted by Crippen LogP contribution is -2.31. The number of hydrogen-bond acceptors (Lipinski definition) is 3. The molecule has 4 nitrogen and oxygen atoms in total. The van der Waals surface area contributed by atoms with Crippen molar-refractivity contribution in [3.63, 3.8) is 0 Å². The van der Waals surface area contributed by atoms with E-state index >= 15 is 0 Å². The first kappa shape index (κ1) is 10.8. The van der Waals surface area contributed by atoms with Gasteiger partial charge in [0.25, 0.3) is 0 Å². The third-order valence-corrected chi connectivity index (χ3v) is 4.61. The summed E-state index contributed by atoms with van der Waals surface area (Å²) in [6, 6.07) is 3.93. The molecule has 4 heteroatoms. The number of fused-ring (bicyclic) bond motifs is 3. The van der Waals surface area contributed by atoms with E-state index in [1.807, 2.05) is 18.2 Å². The Hall–Kier alpha value is -2.10. The lowest BCUT2D eigenvalue weighted by molar-refractivity contribution is -0.120. The van der Waals surface area contributed by atoms with Crippen LogP contribution in [-0.2, 0) is 10.2 Å². The van der Waals surface area contributed by atoms with Crippen molar-refractivity contribution in [3.05, 3.63) is 47.3 Å². The van der Waals surface area contributed by atoms with Gasteiger partial charge in [0.05, 0.1) is 5.41 Å². The number of anilines is 1. The van der Waals surface area contributed by atoms with Gasteiger partial charge in [-0.25, -0.2) is 4.98 Å². The molecule has 19 heavy (non-hydrogen) atoms. The fourth-order valence-corrected chi connectivity index (χ4v) is 3.70. The number of nitrogens with two attached hydrogens (primary N) is 1. The van der Waals surface area contributed by atoms with Gasteiger partial charge in [-0.2, -0.15) is 0 Å². The number of amides is 1. The van der Waals surface area contributed by atoms with E-state index in [0.717, 1.165) is 36.3 Å². The van der Waals surface area contributed by atoms with E-state index in [2.05, 4.69) is 16.4 Å². The predicted molar refractivity (Wildman–Crippen MR) is 72.2 cm³/mol. The van der Waals surface area contributed by atoms with E-state index in [4.69, 9.17) is 5.73 Å². The molecule has 1 aromatic heterocycles. The van der Waals surface area contributed by atoms with Crippen LogP contribution in [-0.4, -0.2) is 10.9 Å². The summed E-state index contributed by atoms with van der Waals surface area (Å²) in [4.78, 5) is 16.7. The molecule has 1 unspecified atom stereocenters. The van der Waals surface area contributed by atoms with Gasteiger partial charge in [0, 0.05) is 17.5 Å². The Morgan fingerprint density at radius 2 is 2.32 bits per heavy atom. The first-order valence-corrected chi connectivity index (χ1v) is 6.61. The Morgan fingerprint density at radius 1 is 1.42 bits per heavy atom. The molecule has 1 amide bonds. The molecule has 3 aliphatic rings. The number of rotatable bonds is 0. The first-order valence-electron chi connectivity index (χ1n) is 6.61. The molecule has 1 spiro atoms. The van der Waals surface area contributed by atoms with E-state index in [1.165, 1.54) is 5.57 Å². The van der Waals surface area contributed by atoms with Crippen LogP contribution >= 0.6 is 0 Å². The largest absolute Gasteiger partial charge is 0.402 e. The average molecular weight is 253 g/mol. The van der Waals surface area contributed by atoms with Crippen LogP contribution in [0.4, 0.5) is 5.82 Å². The highest BCUT2D eigenvalue weighted by Gasteiger charge is 2.53. The number of nitrogens with one attached hydrogen (secondary N) is 1. The van der Waals surface area contributed by atoms with Gasteiger partial charge in [0.2, 0.25) is 5.91 Å². The van der Waals surface area contributed by atoms with E-state index in [1.54, 1.807) is 6.20 Å². The zero-order chi connectivity index (χ0) is 13.0. The van der Waals surface area contributed by atoms with Gasteiger partial charge in [-0.15, -0.1) is 0 Å². The lowest BCUT2D eigenvalue weighted by Gasteiger charge is -2.20. The number of carbonyl (C=O) groups excluding carboxylic acids is 1. The van der Waals surface area contributed by atoms with Crippen LogP contribution in [0.15, 0.2) is 41.8 Å². The van der Waals surface area contributed by atoms with Crippen molar-refractivity contribution in [2.75, 3.05) is 5.32 Å². The Morgan fingerprint density at radius 3 is 3.21 bits per heavy atom. The number of aromatic nitrogens is 1. The highest BCUT2D eigenvalue weighted by molar-refractivity contribution is 6.05. The summed E-state index contributed by atoms with van der Waals surface area (Å²) in [7, 11) is 0. The lowest BCUT2D eigenvalue weighted by atomic mass is 9.79. The topological polar surface area (TPSA) is 68.0 Å². The molecule has 2 aliphatic carbocycles. The fraction of sp³-hybridized carbons (Fsp3) is 0.333. The van der Waals surface area contributed by atoms with Gasteiger partial charge < -0.3 is 11.1 Å². The molecule has 3 N–H and O–H groups in total. The standard InChI is InChI=1S/C15H15N3O/c16-11-4-3-9-7-15(8-10(9)6-11)12-2-1-5-17-13(12)18-14(15)19/h1-5,10H,6-8,16H2,(H,17,18,19)/t10?,15-/m1/s1. The van der Waals surface area contributed by atoms with Crippen molar-refractivity contribution < 1.29 is 4.79 Å². The van der Waals surface area contributed by atoms with Gasteiger partial charge in [0.15, 0.2) is 0 Å². The fourth-order valence-electron chi connectivity index (χ4n) is 3.70.